The van der Waals surface area contributed by atoms with Crippen LogP contribution in [0.2, 0.25) is 5.02 Å². The second kappa shape index (κ2) is 8.21. The number of hydrogen-bond donors (Lipinski definition) is 3. The SMILES string of the molecule is CCOC(=O)C[C@H](NC(=O)CN)c1cc(Cl)cc(Br)c1O. The summed E-state index contributed by atoms with van der Waals surface area (Å²) in [5.41, 5.74) is 5.57. The highest BCUT2D eigenvalue weighted by Gasteiger charge is 2.23. The molecule has 0 saturated heterocycles. The Hall–Kier alpha value is -1.31. The molecule has 0 spiro atoms. The third kappa shape index (κ3) is 5.18. The van der Waals surface area contributed by atoms with Crippen LogP contribution in [-0.2, 0) is 14.3 Å². The number of phenols is 1. The fourth-order valence-electron chi connectivity index (χ4n) is 1.73. The van der Waals surface area contributed by atoms with Crippen molar-refractivity contribution in [2.45, 2.75) is 19.4 Å². The summed E-state index contributed by atoms with van der Waals surface area (Å²) >= 11 is 9.10. The summed E-state index contributed by atoms with van der Waals surface area (Å²) in [6.07, 6.45) is -0.139. The molecule has 0 radical (unpaired) electrons. The summed E-state index contributed by atoms with van der Waals surface area (Å²) in [5.74, 6) is -1.07. The molecule has 0 aromatic heterocycles. The van der Waals surface area contributed by atoms with Crippen LogP contribution in [-0.4, -0.2) is 30.1 Å². The van der Waals surface area contributed by atoms with Gasteiger partial charge in [-0.15, -0.1) is 0 Å². The van der Waals surface area contributed by atoms with Gasteiger partial charge in [-0.3, -0.25) is 9.59 Å². The number of amides is 1. The van der Waals surface area contributed by atoms with Gasteiger partial charge in [-0.25, -0.2) is 0 Å². The first kappa shape index (κ1) is 17.7. The van der Waals surface area contributed by atoms with Crippen LogP contribution < -0.4 is 11.1 Å². The largest absolute Gasteiger partial charge is 0.506 e. The van der Waals surface area contributed by atoms with E-state index in [1.54, 1.807) is 6.92 Å². The van der Waals surface area contributed by atoms with Crippen molar-refractivity contribution in [3.63, 3.8) is 0 Å². The van der Waals surface area contributed by atoms with Crippen LogP contribution in [0.25, 0.3) is 0 Å². The lowest BCUT2D eigenvalue weighted by Gasteiger charge is -2.20. The minimum Gasteiger partial charge on any atom is -0.506 e. The van der Waals surface area contributed by atoms with Crippen LogP contribution >= 0.6 is 27.5 Å². The molecule has 1 aromatic rings. The van der Waals surface area contributed by atoms with Gasteiger partial charge in [0.2, 0.25) is 5.91 Å². The molecule has 0 heterocycles. The lowest BCUT2D eigenvalue weighted by molar-refractivity contribution is -0.143. The molecule has 0 bridgehead atoms. The van der Waals surface area contributed by atoms with Gasteiger partial charge < -0.3 is 20.9 Å². The van der Waals surface area contributed by atoms with Gasteiger partial charge in [-0.2, -0.15) is 0 Å². The Kier molecular flexibility index (Phi) is 6.94. The van der Waals surface area contributed by atoms with Gasteiger partial charge in [-0.1, -0.05) is 11.6 Å². The van der Waals surface area contributed by atoms with Crippen LogP contribution in [0.3, 0.4) is 0 Å². The Bertz CT molecular complexity index is 539. The van der Waals surface area contributed by atoms with Gasteiger partial charge in [0.1, 0.15) is 5.75 Å². The van der Waals surface area contributed by atoms with E-state index in [2.05, 4.69) is 21.2 Å². The first-order valence-corrected chi connectivity index (χ1v) is 7.39. The number of nitrogens with one attached hydrogen (secondary N) is 1. The second-order valence-electron chi connectivity index (χ2n) is 4.16. The van der Waals surface area contributed by atoms with Gasteiger partial charge in [0, 0.05) is 10.6 Å². The molecule has 0 aliphatic carbocycles. The van der Waals surface area contributed by atoms with Crippen LogP contribution in [0.4, 0.5) is 0 Å². The molecule has 4 N–H and O–H groups in total. The number of halogens is 2. The van der Waals surface area contributed by atoms with Crippen molar-refractivity contribution in [1.29, 1.82) is 0 Å². The van der Waals surface area contributed by atoms with Gasteiger partial charge in [0.15, 0.2) is 0 Å². The lowest BCUT2D eigenvalue weighted by Crippen LogP contribution is -2.35. The molecule has 8 heteroatoms. The summed E-state index contributed by atoms with van der Waals surface area (Å²) in [5, 5.41) is 13.0. The van der Waals surface area contributed by atoms with Crippen LogP contribution in [0.1, 0.15) is 24.9 Å². The first-order valence-electron chi connectivity index (χ1n) is 6.22. The summed E-state index contributed by atoms with van der Waals surface area (Å²) in [6.45, 7) is 1.67. The number of carbonyl (C=O) groups excluding carboxylic acids is 2. The maximum atomic E-state index is 11.6. The molecule has 1 atom stereocenters. The third-order valence-corrected chi connectivity index (χ3v) is 3.45. The highest BCUT2D eigenvalue weighted by molar-refractivity contribution is 9.10. The smallest absolute Gasteiger partial charge is 0.308 e. The number of nitrogens with two attached hydrogens (primary N) is 1. The number of carbonyl (C=O) groups is 2. The van der Waals surface area contributed by atoms with Gasteiger partial charge in [0.25, 0.3) is 0 Å². The number of ether oxygens (including phenoxy) is 1. The van der Waals surface area contributed by atoms with Gasteiger partial charge >= 0.3 is 5.97 Å². The second-order valence-corrected chi connectivity index (χ2v) is 5.45. The number of phenolic OH excluding ortho intramolecular Hbond substituents is 1. The summed E-state index contributed by atoms with van der Waals surface area (Å²) in [4.78, 5) is 23.1. The molecule has 6 nitrogen and oxygen atoms in total. The predicted molar refractivity (Wildman–Crippen MR) is 82.0 cm³/mol. The van der Waals surface area contributed by atoms with Crippen LogP contribution in [0.5, 0.6) is 5.75 Å². The van der Waals surface area contributed by atoms with Crippen molar-refractivity contribution in [3.05, 3.63) is 27.2 Å². The molecule has 1 aromatic carbocycles. The molecular formula is C13H16BrClN2O4. The maximum Gasteiger partial charge on any atom is 0.308 e. The van der Waals surface area contributed by atoms with Crippen molar-refractivity contribution in [3.8, 4) is 5.75 Å². The van der Waals surface area contributed by atoms with E-state index >= 15 is 0 Å². The van der Waals surface area contributed by atoms with Gasteiger partial charge in [0.05, 0.1) is 30.1 Å². The molecular weight excluding hydrogens is 364 g/mol. The Balaban J connectivity index is 3.10. The molecule has 0 unspecified atom stereocenters. The predicted octanol–water partition coefficient (Wildman–Crippen LogP) is 1.88. The topological polar surface area (TPSA) is 102 Å². The normalized spacial score (nSPS) is 11.8. The van der Waals surface area contributed by atoms with Crippen molar-refractivity contribution in [2.75, 3.05) is 13.2 Å². The molecule has 0 fully saturated rings. The zero-order chi connectivity index (χ0) is 16.0. The van der Waals surface area contributed by atoms with Crippen molar-refractivity contribution >= 4 is 39.4 Å². The summed E-state index contributed by atoms with van der Waals surface area (Å²) in [6, 6.07) is 2.20. The molecule has 1 amide bonds. The lowest BCUT2D eigenvalue weighted by atomic mass is 10.0. The van der Waals surface area contributed by atoms with E-state index in [9.17, 15) is 14.7 Å². The Morgan fingerprint density at radius 1 is 1.52 bits per heavy atom. The van der Waals surface area contributed by atoms with E-state index in [4.69, 9.17) is 22.1 Å². The Labute approximate surface area is 135 Å². The number of hydrogen-bond acceptors (Lipinski definition) is 5. The highest BCUT2D eigenvalue weighted by Crippen LogP contribution is 2.36. The van der Waals surface area contributed by atoms with E-state index in [-0.39, 0.29) is 25.3 Å². The Morgan fingerprint density at radius 2 is 2.19 bits per heavy atom. The average Bonchev–Trinajstić information content (AvgIpc) is 2.42. The number of esters is 1. The number of benzene rings is 1. The molecule has 1 rings (SSSR count). The first-order chi connectivity index (χ1) is 9.88. The molecule has 0 aliphatic heterocycles. The van der Waals surface area contributed by atoms with E-state index in [0.29, 0.717) is 15.1 Å². The van der Waals surface area contributed by atoms with Crippen LogP contribution in [0.15, 0.2) is 16.6 Å². The Morgan fingerprint density at radius 3 is 2.76 bits per heavy atom. The maximum absolute atomic E-state index is 11.6. The van der Waals surface area contributed by atoms with Crippen molar-refractivity contribution < 1.29 is 19.4 Å². The fraction of sp³-hybridized carbons (Fsp3) is 0.385. The highest BCUT2D eigenvalue weighted by atomic mass is 79.9. The number of rotatable bonds is 6. The summed E-state index contributed by atoms with van der Waals surface area (Å²) in [7, 11) is 0. The zero-order valence-corrected chi connectivity index (χ0v) is 13.7. The minimum absolute atomic E-state index is 0.106. The van der Waals surface area contributed by atoms with E-state index in [1.165, 1.54) is 12.1 Å². The van der Waals surface area contributed by atoms with Gasteiger partial charge in [-0.05, 0) is 35.0 Å². The van der Waals surface area contributed by atoms with E-state index in [1.807, 2.05) is 0 Å². The molecule has 0 saturated carbocycles. The van der Waals surface area contributed by atoms with Crippen LogP contribution in [0, 0.1) is 0 Å². The van der Waals surface area contributed by atoms with E-state index < -0.39 is 17.9 Å². The molecule has 116 valence electrons. The molecule has 21 heavy (non-hydrogen) atoms. The third-order valence-electron chi connectivity index (χ3n) is 2.63. The van der Waals surface area contributed by atoms with Crippen molar-refractivity contribution in [2.24, 2.45) is 5.73 Å². The monoisotopic (exact) mass is 378 g/mol. The minimum atomic E-state index is -0.782. The van der Waals surface area contributed by atoms with Crippen molar-refractivity contribution in [1.82, 2.24) is 5.32 Å². The standard InChI is InChI=1S/C13H16BrClN2O4/c1-2-21-12(19)5-10(17-11(18)6-16)8-3-7(15)4-9(14)13(8)20/h3-4,10,20H,2,5-6,16H2,1H3,(H,17,18)/t10-/m0/s1. The van der Waals surface area contributed by atoms with E-state index in [0.717, 1.165) is 0 Å². The molecule has 0 aliphatic rings. The zero-order valence-electron chi connectivity index (χ0n) is 11.4. The quantitative estimate of drug-likeness (QED) is 0.655. The fourth-order valence-corrected chi connectivity index (χ4v) is 2.56. The number of aromatic hydroxyl groups is 1. The average molecular weight is 380 g/mol. The summed E-state index contributed by atoms with van der Waals surface area (Å²) < 4.78 is 5.22.